The van der Waals surface area contributed by atoms with Crippen LogP contribution < -0.4 is 9.84 Å². The summed E-state index contributed by atoms with van der Waals surface area (Å²) in [5.74, 6) is -1.36. The highest BCUT2D eigenvalue weighted by Gasteiger charge is 2.06. The standard InChI is InChI=1S/C11H12O4/c1-8-4-2-3-5-9(8)15-11(14)7-6-10(12)13/h2-5H,6-7H2,1H3,(H,12,13)/p-1. The number of para-hydroxylation sites is 1. The zero-order chi connectivity index (χ0) is 11.3. The molecule has 0 saturated heterocycles. The molecule has 4 heteroatoms. The summed E-state index contributed by atoms with van der Waals surface area (Å²) >= 11 is 0. The zero-order valence-corrected chi connectivity index (χ0v) is 8.36. The summed E-state index contributed by atoms with van der Waals surface area (Å²) in [5.41, 5.74) is 0.833. The summed E-state index contributed by atoms with van der Waals surface area (Å²) in [5, 5.41) is 10.1. The molecule has 0 aromatic heterocycles. The fraction of sp³-hybridized carbons (Fsp3) is 0.273. The van der Waals surface area contributed by atoms with Crippen molar-refractivity contribution in [1.82, 2.24) is 0 Å². The van der Waals surface area contributed by atoms with E-state index in [4.69, 9.17) is 4.74 Å². The molecule has 0 aliphatic rings. The largest absolute Gasteiger partial charge is 0.550 e. The van der Waals surface area contributed by atoms with Gasteiger partial charge in [-0.1, -0.05) is 18.2 Å². The fourth-order valence-electron chi connectivity index (χ4n) is 1.05. The first-order valence-electron chi connectivity index (χ1n) is 4.56. The summed E-state index contributed by atoms with van der Waals surface area (Å²) in [4.78, 5) is 21.3. The molecule has 0 radical (unpaired) electrons. The molecule has 1 aromatic rings. The first kappa shape index (κ1) is 11.2. The molecule has 0 saturated carbocycles. The molecular weight excluding hydrogens is 196 g/mol. The van der Waals surface area contributed by atoms with E-state index >= 15 is 0 Å². The molecule has 0 heterocycles. The van der Waals surface area contributed by atoms with E-state index in [-0.39, 0.29) is 12.8 Å². The van der Waals surface area contributed by atoms with Gasteiger partial charge in [-0.05, 0) is 25.0 Å². The minimum absolute atomic E-state index is 0.170. The molecule has 4 nitrogen and oxygen atoms in total. The average Bonchev–Trinajstić information content (AvgIpc) is 2.18. The predicted molar refractivity (Wildman–Crippen MR) is 51.1 cm³/mol. The summed E-state index contributed by atoms with van der Waals surface area (Å²) in [6, 6.07) is 7.04. The second-order valence-corrected chi connectivity index (χ2v) is 3.11. The van der Waals surface area contributed by atoms with Crippen LogP contribution >= 0.6 is 0 Å². The molecule has 0 amide bonds. The lowest BCUT2D eigenvalue weighted by Gasteiger charge is -2.06. The van der Waals surface area contributed by atoms with Crippen molar-refractivity contribution in [3.05, 3.63) is 29.8 Å². The van der Waals surface area contributed by atoms with E-state index in [2.05, 4.69) is 0 Å². The number of carbonyl (C=O) groups is 2. The maximum absolute atomic E-state index is 11.2. The number of rotatable bonds is 4. The lowest BCUT2D eigenvalue weighted by atomic mass is 10.2. The van der Waals surface area contributed by atoms with Crippen molar-refractivity contribution in [3.8, 4) is 5.75 Å². The molecule has 0 N–H and O–H groups in total. The Morgan fingerprint density at radius 3 is 2.53 bits per heavy atom. The number of carboxylic acid groups (broad SMARTS) is 1. The SMILES string of the molecule is Cc1ccccc1OC(=O)CCC(=O)[O-]. The predicted octanol–water partition coefficient (Wildman–Crippen LogP) is 0.431. The molecule has 0 aliphatic carbocycles. The summed E-state index contributed by atoms with van der Waals surface area (Å²) in [6.45, 7) is 1.81. The molecule has 15 heavy (non-hydrogen) atoms. The van der Waals surface area contributed by atoms with Crippen LogP contribution in [0.3, 0.4) is 0 Å². The van der Waals surface area contributed by atoms with Gasteiger partial charge in [-0.3, -0.25) is 4.79 Å². The third-order valence-corrected chi connectivity index (χ3v) is 1.85. The number of hydrogen-bond donors (Lipinski definition) is 0. The third kappa shape index (κ3) is 3.81. The van der Waals surface area contributed by atoms with Gasteiger partial charge in [0.15, 0.2) is 0 Å². The van der Waals surface area contributed by atoms with Crippen LogP contribution in [0.4, 0.5) is 0 Å². The van der Waals surface area contributed by atoms with Crippen LogP contribution in [0.15, 0.2) is 24.3 Å². The summed E-state index contributed by atoms with van der Waals surface area (Å²) < 4.78 is 4.97. The van der Waals surface area contributed by atoms with Crippen molar-refractivity contribution < 1.29 is 19.4 Å². The Balaban J connectivity index is 2.52. The van der Waals surface area contributed by atoms with Crippen LogP contribution in [0.2, 0.25) is 0 Å². The van der Waals surface area contributed by atoms with Crippen molar-refractivity contribution in [2.45, 2.75) is 19.8 Å². The average molecular weight is 207 g/mol. The Morgan fingerprint density at radius 1 is 1.27 bits per heavy atom. The van der Waals surface area contributed by atoms with E-state index in [0.29, 0.717) is 5.75 Å². The minimum atomic E-state index is -1.25. The Hall–Kier alpha value is -1.84. The van der Waals surface area contributed by atoms with Crippen LogP contribution in [0.5, 0.6) is 5.75 Å². The van der Waals surface area contributed by atoms with E-state index in [1.807, 2.05) is 6.07 Å². The van der Waals surface area contributed by atoms with E-state index in [1.54, 1.807) is 25.1 Å². The summed E-state index contributed by atoms with van der Waals surface area (Å²) in [6.07, 6.45) is -0.485. The van der Waals surface area contributed by atoms with Crippen LogP contribution in [0.1, 0.15) is 18.4 Å². The molecule has 0 aliphatic heterocycles. The monoisotopic (exact) mass is 207 g/mol. The Kier molecular flexibility index (Phi) is 3.85. The normalized spacial score (nSPS) is 9.67. The molecule has 1 aromatic carbocycles. The Labute approximate surface area is 87.5 Å². The number of aliphatic carboxylic acids is 1. The van der Waals surface area contributed by atoms with Gasteiger partial charge in [0.2, 0.25) is 0 Å². The lowest BCUT2D eigenvalue weighted by molar-refractivity contribution is -0.305. The maximum Gasteiger partial charge on any atom is 0.311 e. The highest BCUT2D eigenvalue weighted by molar-refractivity contribution is 5.77. The van der Waals surface area contributed by atoms with E-state index in [1.165, 1.54) is 0 Å². The van der Waals surface area contributed by atoms with E-state index in [9.17, 15) is 14.7 Å². The zero-order valence-electron chi connectivity index (χ0n) is 8.36. The van der Waals surface area contributed by atoms with Gasteiger partial charge < -0.3 is 14.6 Å². The van der Waals surface area contributed by atoms with Crippen molar-refractivity contribution in [2.75, 3.05) is 0 Å². The van der Waals surface area contributed by atoms with Gasteiger partial charge in [-0.2, -0.15) is 0 Å². The summed E-state index contributed by atoms with van der Waals surface area (Å²) in [7, 11) is 0. The van der Waals surface area contributed by atoms with Gasteiger partial charge in [0.25, 0.3) is 0 Å². The number of benzene rings is 1. The van der Waals surface area contributed by atoms with E-state index < -0.39 is 11.9 Å². The maximum atomic E-state index is 11.2. The van der Waals surface area contributed by atoms with Crippen molar-refractivity contribution in [1.29, 1.82) is 0 Å². The minimum Gasteiger partial charge on any atom is -0.550 e. The lowest BCUT2D eigenvalue weighted by Crippen LogP contribution is -2.23. The first-order chi connectivity index (χ1) is 7.09. The van der Waals surface area contributed by atoms with Crippen LogP contribution in [-0.2, 0) is 9.59 Å². The first-order valence-corrected chi connectivity index (χ1v) is 4.56. The highest BCUT2D eigenvalue weighted by Crippen LogP contribution is 2.16. The van der Waals surface area contributed by atoms with Crippen molar-refractivity contribution >= 4 is 11.9 Å². The number of hydrogen-bond acceptors (Lipinski definition) is 4. The molecular formula is C11H11O4-. The van der Waals surface area contributed by atoms with Crippen LogP contribution in [0, 0.1) is 6.92 Å². The van der Waals surface area contributed by atoms with Crippen LogP contribution in [-0.4, -0.2) is 11.9 Å². The number of esters is 1. The van der Waals surface area contributed by atoms with Gasteiger partial charge in [0.05, 0.1) is 6.42 Å². The number of aryl methyl sites for hydroxylation is 1. The van der Waals surface area contributed by atoms with Gasteiger partial charge >= 0.3 is 5.97 Å². The molecule has 0 unspecified atom stereocenters. The van der Waals surface area contributed by atoms with Gasteiger partial charge in [-0.25, -0.2) is 0 Å². The smallest absolute Gasteiger partial charge is 0.311 e. The fourth-order valence-corrected chi connectivity index (χ4v) is 1.05. The molecule has 0 atom stereocenters. The molecule has 1 rings (SSSR count). The Bertz CT molecular complexity index is 371. The van der Waals surface area contributed by atoms with Crippen LogP contribution in [0.25, 0.3) is 0 Å². The van der Waals surface area contributed by atoms with Gasteiger partial charge in [-0.15, -0.1) is 0 Å². The second kappa shape index (κ2) is 5.14. The second-order valence-electron chi connectivity index (χ2n) is 3.11. The van der Waals surface area contributed by atoms with E-state index in [0.717, 1.165) is 5.56 Å². The highest BCUT2D eigenvalue weighted by atomic mass is 16.5. The molecule has 80 valence electrons. The number of carboxylic acids is 1. The van der Waals surface area contributed by atoms with Gasteiger partial charge in [0.1, 0.15) is 5.75 Å². The third-order valence-electron chi connectivity index (χ3n) is 1.85. The van der Waals surface area contributed by atoms with Crippen molar-refractivity contribution in [3.63, 3.8) is 0 Å². The number of ether oxygens (including phenoxy) is 1. The van der Waals surface area contributed by atoms with Crippen molar-refractivity contribution in [2.24, 2.45) is 0 Å². The number of carbonyl (C=O) groups excluding carboxylic acids is 2. The van der Waals surface area contributed by atoms with Gasteiger partial charge in [0, 0.05) is 5.97 Å². The molecule has 0 bridgehead atoms. The molecule has 0 spiro atoms. The molecule has 0 fully saturated rings. The quantitative estimate of drug-likeness (QED) is 0.530. The topological polar surface area (TPSA) is 66.4 Å². The Morgan fingerprint density at radius 2 is 1.93 bits per heavy atom.